The van der Waals surface area contributed by atoms with E-state index in [-0.39, 0.29) is 5.38 Å². The van der Waals surface area contributed by atoms with Crippen LogP contribution in [0.15, 0.2) is 41.1 Å². The first-order valence-electron chi connectivity index (χ1n) is 9.92. The first kappa shape index (κ1) is 21.2. The van der Waals surface area contributed by atoms with Crippen molar-refractivity contribution in [1.82, 2.24) is 4.98 Å². The molecule has 0 bridgehead atoms. The van der Waals surface area contributed by atoms with E-state index in [9.17, 15) is 0 Å². The molecule has 26 heavy (non-hydrogen) atoms. The summed E-state index contributed by atoms with van der Waals surface area (Å²) in [6.45, 7) is 8.77. The Bertz CT molecular complexity index is 706. The van der Waals surface area contributed by atoms with Crippen molar-refractivity contribution < 1.29 is 0 Å². The maximum absolute atomic E-state index is 6.30. The van der Waals surface area contributed by atoms with Gasteiger partial charge in [0, 0.05) is 28.6 Å². The number of thiocarbonyl (C=S) groups is 1. The van der Waals surface area contributed by atoms with E-state index in [1.165, 1.54) is 28.0 Å². The molecule has 2 rings (SSSR count). The van der Waals surface area contributed by atoms with Crippen LogP contribution in [0.25, 0.3) is 6.08 Å². The fraction of sp³-hybridized carbons (Fsp3) is 0.522. The van der Waals surface area contributed by atoms with Crippen LogP contribution in [-0.4, -0.2) is 15.2 Å². The van der Waals surface area contributed by atoms with Crippen molar-refractivity contribution in [2.24, 2.45) is 5.92 Å². The molecule has 0 amide bonds. The smallest absolute Gasteiger partial charge is 0.0333 e. The second-order valence-electron chi connectivity index (χ2n) is 7.30. The Balaban J connectivity index is 2.41. The zero-order valence-corrected chi connectivity index (χ0v) is 18.1. The van der Waals surface area contributed by atoms with Gasteiger partial charge in [-0.15, -0.1) is 11.6 Å². The van der Waals surface area contributed by atoms with Crippen molar-refractivity contribution >= 4 is 34.8 Å². The SMILES string of the molecule is CCCC(=S)/C(CCC(C)C(C)Cl)=C(\CC)C1=Cc2cc[nH]c2CC=C1. The predicted molar refractivity (Wildman–Crippen MR) is 120 cm³/mol. The van der Waals surface area contributed by atoms with Crippen LogP contribution in [-0.2, 0) is 6.42 Å². The molecule has 1 aromatic rings. The van der Waals surface area contributed by atoms with E-state index in [0.717, 1.165) is 43.4 Å². The molecule has 0 saturated carbocycles. The molecule has 1 aliphatic carbocycles. The lowest BCUT2D eigenvalue weighted by Crippen LogP contribution is -2.11. The monoisotopic (exact) mass is 389 g/mol. The third-order valence-electron chi connectivity index (χ3n) is 5.31. The second-order valence-corrected chi connectivity index (χ2v) is 8.48. The lowest BCUT2D eigenvalue weighted by atomic mass is 9.88. The van der Waals surface area contributed by atoms with E-state index < -0.39 is 0 Å². The van der Waals surface area contributed by atoms with Crippen LogP contribution in [0.2, 0.25) is 0 Å². The molecule has 0 aromatic carbocycles. The Morgan fingerprint density at radius 2 is 2.04 bits per heavy atom. The highest BCUT2D eigenvalue weighted by Crippen LogP contribution is 2.31. The number of alkyl halides is 1. The molecule has 1 heterocycles. The quantitative estimate of drug-likeness (QED) is 0.263. The summed E-state index contributed by atoms with van der Waals surface area (Å²) in [5.74, 6) is 0.490. The number of rotatable bonds is 9. The minimum Gasteiger partial charge on any atom is -0.364 e. The molecule has 2 unspecified atom stereocenters. The number of hydrogen-bond donors (Lipinski definition) is 1. The number of aromatic nitrogens is 1. The highest BCUT2D eigenvalue weighted by Gasteiger charge is 2.17. The van der Waals surface area contributed by atoms with Gasteiger partial charge in [0.2, 0.25) is 0 Å². The summed E-state index contributed by atoms with van der Waals surface area (Å²) in [6.07, 6.45) is 15.0. The summed E-state index contributed by atoms with van der Waals surface area (Å²) < 4.78 is 0. The fourth-order valence-electron chi connectivity index (χ4n) is 3.47. The molecule has 0 fully saturated rings. The van der Waals surface area contributed by atoms with Crippen LogP contribution in [0.1, 0.15) is 71.1 Å². The summed E-state index contributed by atoms with van der Waals surface area (Å²) in [6, 6.07) is 2.16. The standard InChI is InChI=1S/C23H32ClNS/c1-5-8-23(26)21(12-11-16(3)17(4)24)20(6-2)18-9-7-10-22-19(15-18)13-14-25-22/h7,9,13-17,25H,5-6,8,10-12H2,1-4H3/b21-20+. The number of aromatic amines is 1. The van der Waals surface area contributed by atoms with Gasteiger partial charge in [-0.3, -0.25) is 0 Å². The van der Waals surface area contributed by atoms with Gasteiger partial charge in [-0.25, -0.2) is 0 Å². The normalized spacial score (nSPS) is 17.0. The maximum Gasteiger partial charge on any atom is 0.0333 e. The van der Waals surface area contributed by atoms with Gasteiger partial charge in [-0.05, 0) is 73.0 Å². The highest BCUT2D eigenvalue weighted by molar-refractivity contribution is 7.80. The molecule has 3 heteroatoms. The summed E-state index contributed by atoms with van der Waals surface area (Å²) >= 11 is 12.2. The molecule has 1 nitrogen and oxygen atoms in total. The highest BCUT2D eigenvalue weighted by atomic mass is 35.5. The second kappa shape index (κ2) is 10.3. The number of allylic oxidation sites excluding steroid dienone is 5. The van der Waals surface area contributed by atoms with Crippen LogP contribution < -0.4 is 0 Å². The molecule has 1 N–H and O–H groups in total. The number of nitrogens with one attached hydrogen (secondary N) is 1. The van der Waals surface area contributed by atoms with E-state index in [1.54, 1.807) is 0 Å². The van der Waals surface area contributed by atoms with Gasteiger partial charge in [0.15, 0.2) is 0 Å². The number of H-pyrrole nitrogens is 1. The van der Waals surface area contributed by atoms with Crippen LogP contribution in [0.3, 0.4) is 0 Å². The molecule has 1 aliphatic rings. The van der Waals surface area contributed by atoms with E-state index in [4.69, 9.17) is 23.8 Å². The molecule has 2 atom stereocenters. The van der Waals surface area contributed by atoms with E-state index in [2.05, 4.69) is 57.0 Å². The van der Waals surface area contributed by atoms with Crippen molar-refractivity contribution in [3.63, 3.8) is 0 Å². The van der Waals surface area contributed by atoms with Gasteiger partial charge in [-0.1, -0.05) is 51.6 Å². The Morgan fingerprint density at radius 3 is 2.69 bits per heavy atom. The molecule has 142 valence electrons. The average Bonchev–Trinajstić information content (AvgIpc) is 2.95. The van der Waals surface area contributed by atoms with E-state index in [0.29, 0.717) is 5.92 Å². The van der Waals surface area contributed by atoms with Crippen molar-refractivity contribution in [2.45, 2.75) is 71.6 Å². The van der Waals surface area contributed by atoms with Crippen molar-refractivity contribution in [1.29, 1.82) is 0 Å². The van der Waals surface area contributed by atoms with Crippen molar-refractivity contribution in [2.75, 3.05) is 0 Å². The van der Waals surface area contributed by atoms with E-state index in [1.807, 2.05) is 6.20 Å². The van der Waals surface area contributed by atoms with Gasteiger partial charge in [0.25, 0.3) is 0 Å². The summed E-state index contributed by atoms with van der Waals surface area (Å²) in [5, 5.41) is 0.195. The Labute approximate surface area is 169 Å². The Kier molecular flexibility index (Phi) is 8.37. The zero-order chi connectivity index (χ0) is 19.1. The molecule has 1 aromatic heterocycles. The fourth-order valence-corrected chi connectivity index (χ4v) is 4.02. The predicted octanol–water partition coefficient (Wildman–Crippen LogP) is 7.43. The average molecular weight is 390 g/mol. The topological polar surface area (TPSA) is 15.8 Å². The summed E-state index contributed by atoms with van der Waals surface area (Å²) in [5.41, 5.74) is 6.67. The minimum absolute atomic E-state index is 0.195. The number of fused-ring (bicyclic) bond motifs is 1. The van der Waals surface area contributed by atoms with E-state index >= 15 is 0 Å². The third kappa shape index (κ3) is 5.44. The number of hydrogen-bond acceptors (Lipinski definition) is 1. The molecular weight excluding hydrogens is 358 g/mol. The maximum atomic E-state index is 6.30. The van der Waals surface area contributed by atoms with Crippen LogP contribution >= 0.6 is 23.8 Å². The van der Waals surface area contributed by atoms with Gasteiger partial charge in [0.05, 0.1) is 0 Å². The van der Waals surface area contributed by atoms with Gasteiger partial charge < -0.3 is 4.98 Å². The molecule has 0 saturated heterocycles. The summed E-state index contributed by atoms with van der Waals surface area (Å²) in [7, 11) is 0. The minimum atomic E-state index is 0.195. The zero-order valence-electron chi connectivity index (χ0n) is 16.6. The molecule has 0 radical (unpaired) electrons. The first-order valence-corrected chi connectivity index (χ1v) is 10.8. The lowest BCUT2D eigenvalue weighted by Gasteiger charge is -2.20. The Morgan fingerprint density at radius 1 is 1.27 bits per heavy atom. The van der Waals surface area contributed by atoms with Crippen LogP contribution in [0.4, 0.5) is 0 Å². The van der Waals surface area contributed by atoms with Gasteiger partial charge in [0.1, 0.15) is 0 Å². The van der Waals surface area contributed by atoms with Crippen molar-refractivity contribution in [3.05, 3.63) is 52.4 Å². The van der Waals surface area contributed by atoms with Gasteiger partial charge in [-0.2, -0.15) is 0 Å². The largest absolute Gasteiger partial charge is 0.364 e. The summed E-state index contributed by atoms with van der Waals surface area (Å²) in [4.78, 5) is 4.48. The van der Waals surface area contributed by atoms with Crippen LogP contribution in [0.5, 0.6) is 0 Å². The molecular formula is C23H32ClNS. The molecule has 0 aliphatic heterocycles. The molecule has 0 spiro atoms. The third-order valence-corrected chi connectivity index (χ3v) is 6.19. The lowest BCUT2D eigenvalue weighted by molar-refractivity contribution is 0.524. The van der Waals surface area contributed by atoms with Gasteiger partial charge >= 0.3 is 0 Å². The van der Waals surface area contributed by atoms with Crippen molar-refractivity contribution in [3.8, 4) is 0 Å². The Hall–Kier alpha value is -1.12. The first-order chi connectivity index (χ1) is 12.5. The van der Waals surface area contributed by atoms with Crippen LogP contribution in [0, 0.1) is 5.92 Å². The number of halogens is 1.